The summed E-state index contributed by atoms with van der Waals surface area (Å²) in [5, 5.41) is 4.64. The predicted octanol–water partition coefficient (Wildman–Crippen LogP) is 2.46. The molecule has 2 aromatic rings. The lowest BCUT2D eigenvalue weighted by molar-refractivity contribution is -0.146. The third-order valence-corrected chi connectivity index (χ3v) is 5.40. The smallest absolute Gasteiger partial charge is 0.348 e. The van der Waals surface area contributed by atoms with Crippen LogP contribution in [0.2, 0.25) is 0 Å². The molecule has 1 heterocycles. The highest BCUT2D eigenvalue weighted by Gasteiger charge is 2.27. The topological polar surface area (TPSA) is 137 Å². The van der Waals surface area contributed by atoms with Gasteiger partial charge in [0.25, 0.3) is 11.8 Å². The molecule has 0 aliphatic rings. The molecule has 0 atom stereocenters. The third-order valence-electron chi connectivity index (χ3n) is 4.22. The van der Waals surface area contributed by atoms with Gasteiger partial charge in [-0.25, -0.2) is 14.0 Å². The van der Waals surface area contributed by atoms with E-state index in [1.54, 1.807) is 13.8 Å². The molecule has 0 saturated carbocycles. The first-order valence-corrected chi connectivity index (χ1v) is 11.0. The van der Waals surface area contributed by atoms with Crippen molar-refractivity contribution in [1.82, 2.24) is 5.32 Å². The van der Waals surface area contributed by atoms with E-state index < -0.39 is 48.7 Å². The summed E-state index contributed by atoms with van der Waals surface area (Å²) in [5.74, 6) is -4.71. The number of ether oxygens (including phenoxy) is 3. The number of nitrogens with one attached hydrogen (secondary N) is 2. The molecule has 0 radical (unpaired) electrons. The fourth-order valence-electron chi connectivity index (χ4n) is 2.69. The van der Waals surface area contributed by atoms with Crippen LogP contribution < -0.4 is 10.6 Å². The van der Waals surface area contributed by atoms with Gasteiger partial charge in [0.2, 0.25) is 0 Å². The fraction of sp³-hybridized carbons (Fsp3) is 0.318. The Morgan fingerprint density at radius 3 is 2.26 bits per heavy atom. The quantitative estimate of drug-likeness (QED) is 0.380. The Hall–Kier alpha value is -3.80. The van der Waals surface area contributed by atoms with E-state index in [9.17, 15) is 28.4 Å². The van der Waals surface area contributed by atoms with E-state index in [4.69, 9.17) is 14.2 Å². The minimum atomic E-state index is -0.944. The van der Waals surface area contributed by atoms with Crippen molar-refractivity contribution in [2.75, 3.05) is 31.7 Å². The summed E-state index contributed by atoms with van der Waals surface area (Å²) >= 11 is 0.824. The Balaban J connectivity index is 1.99. The summed E-state index contributed by atoms with van der Waals surface area (Å²) in [7, 11) is 0. The van der Waals surface area contributed by atoms with Gasteiger partial charge in [0, 0.05) is 0 Å². The Labute approximate surface area is 198 Å². The van der Waals surface area contributed by atoms with Gasteiger partial charge < -0.3 is 24.8 Å². The van der Waals surface area contributed by atoms with Gasteiger partial charge in [-0.1, -0.05) is 12.1 Å². The molecule has 0 saturated heterocycles. The van der Waals surface area contributed by atoms with E-state index in [1.165, 1.54) is 25.1 Å². The number of amides is 2. The second-order valence-electron chi connectivity index (χ2n) is 6.57. The maximum Gasteiger partial charge on any atom is 0.348 e. The van der Waals surface area contributed by atoms with Crippen molar-refractivity contribution in [2.24, 2.45) is 0 Å². The number of halogens is 1. The van der Waals surface area contributed by atoms with Gasteiger partial charge in [-0.2, -0.15) is 0 Å². The molecule has 2 amide bonds. The van der Waals surface area contributed by atoms with Crippen molar-refractivity contribution < 1.29 is 42.6 Å². The monoisotopic (exact) mass is 494 g/mol. The number of esters is 3. The molecular weight excluding hydrogens is 471 g/mol. The number of hydrogen-bond donors (Lipinski definition) is 2. The van der Waals surface area contributed by atoms with Gasteiger partial charge in [0.1, 0.15) is 22.2 Å². The van der Waals surface area contributed by atoms with Crippen molar-refractivity contribution in [3.05, 3.63) is 51.7 Å². The number of carbonyl (C=O) groups excluding carboxylic acids is 5. The lowest BCUT2D eigenvalue weighted by Crippen LogP contribution is -2.32. The van der Waals surface area contributed by atoms with E-state index in [2.05, 4.69) is 10.6 Å². The number of anilines is 1. The van der Waals surface area contributed by atoms with Crippen molar-refractivity contribution in [3.8, 4) is 0 Å². The summed E-state index contributed by atoms with van der Waals surface area (Å²) in [6.07, 6.45) is 0. The van der Waals surface area contributed by atoms with Gasteiger partial charge in [-0.3, -0.25) is 14.4 Å². The minimum absolute atomic E-state index is 0.00766. The summed E-state index contributed by atoms with van der Waals surface area (Å²) in [5.41, 5.74) is 0.0294. The average molecular weight is 494 g/mol. The van der Waals surface area contributed by atoms with Crippen molar-refractivity contribution >= 4 is 46.1 Å². The predicted molar refractivity (Wildman–Crippen MR) is 119 cm³/mol. The Bertz CT molecular complexity index is 1100. The first-order chi connectivity index (χ1) is 16.2. The summed E-state index contributed by atoms with van der Waals surface area (Å²) in [6, 6.07) is 5.22. The highest BCUT2D eigenvalue weighted by atomic mass is 32.1. The Kier molecular flexibility index (Phi) is 9.68. The second kappa shape index (κ2) is 12.4. The van der Waals surface area contributed by atoms with Gasteiger partial charge in [-0.05, 0) is 38.5 Å². The zero-order valence-electron chi connectivity index (χ0n) is 18.7. The lowest BCUT2D eigenvalue weighted by Gasteiger charge is -2.08. The highest BCUT2D eigenvalue weighted by Crippen LogP contribution is 2.34. The number of benzene rings is 1. The van der Waals surface area contributed by atoms with Crippen LogP contribution in [0.4, 0.5) is 9.39 Å². The van der Waals surface area contributed by atoms with Gasteiger partial charge in [-0.15, -0.1) is 11.3 Å². The molecule has 1 aromatic carbocycles. The van der Waals surface area contributed by atoms with Crippen molar-refractivity contribution in [1.29, 1.82) is 0 Å². The zero-order chi connectivity index (χ0) is 25.3. The summed E-state index contributed by atoms with van der Waals surface area (Å²) in [4.78, 5) is 60.7. The number of hydrogen-bond acceptors (Lipinski definition) is 9. The normalized spacial score (nSPS) is 10.2. The molecule has 0 bridgehead atoms. The van der Waals surface area contributed by atoms with Gasteiger partial charge in [0.05, 0.1) is 24.3 Å². The van der Waals surface area contributed by atoms with E-state index >= 15 is 0 Å². The highest BCUT2D eigenvalue weighted by molar-refractivity contribution is 7.18. The molecule has 0 fully saturated rings. The SMILES string of the molecule is CCOC(=O)c1sc(NC(=O)COC(=O)CNC(=O)c2ccccc2F)c(C(=O)OCC)c1C. The second-order valence-corrected chi connectivity index (χ2v) is 7.59. The van der Waals surface area contributed by atoms with Crippen LogP contribution in [0.3, 0.4) is 0 Å². The van der Waals surface area contributed by atoms with Gasteiger partial charge in [0.15, 0.2) is 6.61 Å². The Morgan fingerprint density at radius 2 is 1.62 bits per heavy atom. The molecule has 0 aliphatic heterocycles. The molecule has 10 nitrogen and oxygen atoms in total. The van der Waals surface area contributed by atoms with Crippen LogP contribution in [0.5, 0.6) is 0 Å². The third kappa shape index (κ3) is 6.85. The van der Waals surface area contributed by atoms with E-state index in [1.807, 2.05) is 0 Å². The minimum Gasteiger partial charge on any atom is -0.462 e. The van der Waals surface area contributed by atoms with E-state index in [0.29, 0.717) is 0 Å². The van der Waals surface area contributed by atoms with Crippen molar-refractivity contribution in [3.63, 3.8) is 0 Å². The molecular formula is C22H23FN2O8S. The average Bonchev–Trinajstić information content (AvgIpc) is 3.12. The number of thiophene rings is 1. The summed E-state index contributed by atoms with van der Waals surface area (Å²) < 4.78 is 28.4. The molecule has 0 unspecified atom stereocenters. The van der Waals surface area contributed by atoms with Crippen LogP contribution in [0.15, 0.2) is 24.3 Å². The first kappa shape index (κ1) is 26.5. The number of carbonyl (C=O) groups is 5. The fourth-order valence-corrected chi connectivity index (χ4v) is 3.80. The Morgan fingerprint density at radius 1 is 0.971 bits per heavy atom. The molecule has 12 heteroatoms. The molecule has 0 spiro atoms. The van der Waals surface area contributed by atoms with Crippen LogP contribution in [0.25, 0.3) is 0 Å². The van der Waals surface area contributed by atoms with Crippen LogP contribution in [-0.4, -0.2) is 56.1 Å². The molecule has 182 valence electrons. The van der Waals surface area contributed by atoms with Crippen LogP contribution >= 0.6 is 11.3 Å². The van der Waals surface area contributed by atoms with Crippen molar-refractivity contribution in [2.45, 2.75) is 20.8 Å². The first-order valence-electron chi connectivity index (χ1n) is 10.1. The molecule has 2 N–H and O–H groups in total. The molecule has 1 aromatic heterocycles. The van der Waals surface area contributed by atoms with Crippen LogP contribution in [0.1, 0.15) is 49.8 Å². The lowest BCUT2D eigenvalue weighted by atomic mass is 10.1. The van der Waals surface area contributed by atoms with Crippen LogP contribution in [0, 0.1) is 12.7 Å². The van der Waals surface area contributed by atoms with E-state index in [-0.39, 0.29) is 39.8 Å². The standard InChI is InChI=1S/C22H23FN2O8S/c1-4-31-21(29)17-12(3)18(22(30)32-5-2)34-20(17)25-15(26)11-33-16(27)10-24-19(28)13-8-6-7-9-14(13)23/h6-9H,4-5,10-11H2,1-3H3,(H,24,28)(H,25,26). The van der Waals surface area contributed by atoms with Crippen LogP contribution in [-0.2, 0) is 23.8 Å². The number of rotatable bonds is 10. The summed E-state index contributed by atoms with van der Waals surface area (Å²) in [6.45, 7) is 3.62. The maximum absolute atomic E-state index is 13.6. The van der Waals surface area contributed by atoms with E-state index in [0.717, 1.165) is 17.4 Å². The maximum atomic E-state index is 13.6. The molecule has 0 aliphatic carbocycles. The molecule has 2 rings (SSSR count). The largest absolute Gasteiger partial charge is 0.462 e. The molecule has 34 heavy (non-hydrogen) atoms. The van der Waals surface area contributed by atoms with Gasteiger partial charge >= 0.3 is 17.9 Å². The zero-order valence-corrected chi connectivity index (χ0v) is 19.5.